The summed E-state index contributed by atoms with van der Waals surface area (Å²) in [5.74, 6) is 0.334. The van der Waals surface area contributed by atoms with Crippen LogP contribution in [0, 0.1) is 11.3 Å². The van der Waals surface area contributed by atoms with Crippen LogP contribution in [0.3, 0.4) is 0 Å². The monoisotopic (exact) mass is 311 g/mol. The second-order valence-corrected chi connectivity index (χ2v) is 5.31. The lowest BCUT2D eigenvalue weighted by Crippen LogP contribution is -1.91. The first-order valence-corrected chi connectivity index (χ1v) is 6.77. The molecule has 0 N–H and O–H groups in total. The molecule has 0 fully saturated rings. The fourth-order valence-corrected chi connectivity index (χ4v) is 1.99. The molecule has 0 aliphatic heterocycles. The Labute approximate surface area is 124 Å². The van der Waals surface area contributed by atoms with Crippen LogP contribution in [0.2, 0.25) is 0 Å². The third kappa shape index (κ3) is 4.00. The number of nitrogens with zero attached hydrogens (tertiary/aromatic N) is 3. The Kier molecular flexibility index (Phi) is 4.86. The van der Waals surface area contributed by atoms with Crippen molar-refractivity contribution >= 4 is 35.2 Å². The fraction of sp³-hybridized carbons (Fsp3) is 0.0833. The van der Waals surface area contributed by atoms with E-state index in [1.54, 1.807) is 6.07 Å². The lowest BCUT2D eigenvalue weighted by Gasteiger charge is -2.04. The van der Waals surface area contributed by atoms with Crippen molar-refractivity contribution in [1.82, 2.24) is 10.2 Å². The second-order valence-electron chi connectivity index (χ2n) is 3.41. The van der Waals surface area contributed by atoms with Crippen molar-refractivity contribution in [3.8, 4) is 11.9 Å². The summed E-state index contributed by atoms with van der Waals surface area (Å²) in [4.78, 5) is 0.341. The number of nitriles is 1. The third-order valence-corrected chi connectivity index (χ3v) is 3.33. The van der Waals surface area contributed by atoms with Crippen molar-refractivity contribution in [3.63, 3.8) is 0 Å². The van der Waals surface area contributed by atoms with Gasteiger partial charge in [-0.25, -0.2) is 0 Å². The first-order chi connectivity index (χ1) is 9.19. The van der Waals surface area contributed by atoms with Crippen LogP contribution in [0.15, 0.2) is 41.3 Å². The van der Waals surface area contributed by atoms with Gasteiger partial charge in [0.2, 0.25) is 5.88 Å². The molecule has 0 spiro atoms. The van der Waals surface area contributed by atoms with Crippen LogP contribution in [-0.2, 0) is 0 Å². The zero-order valence-corrected chi connectivity index (χ0v) is 11.8. The van der Waals surface area contributed by atoms with Crippen molar-refractivity contribution in [2.24, 2.45) is 0 Å². The van der Waals surface area contributed by atoms with Crippen LogP contribution in [0.5, 0.6) is 5.88 Å². The second kappa shape index (κ2) is 6.62. The fourth-order valence-electron chi connectivity index (χ4n) is 1.18. The van der Waals surface area contributed by atoms with Crippen molar-refractivity contribution in [2.75, 3.05) is 0 Å². The van der Waals surface area contributed by atoms with Crippen LogP contribution in [0.1, 0.15) is 16.1 Å². The van der Waals surface area contributed by atoms with E-state index in [1.807, 2.05) is 30.3 Å². The number of hydrogen-bond acceptors (Lipinski definition) is 5. The Morgan fingerprint density at radius 1 is 1.11 bits per heavy atom. The zero-order chi connectivity index (χ0) is 13.7. The summed E-state index contributed by atoms with van der Waals surface area (Å²) in [6, 6.07) is 12.3. The predicted octanol–water partition coefficient (Wildman–Crippen LogP) is 3.91. The Bertz CT molecular complexity index is 581. The van der Waals surface area contributed by atoms with E-state index >= 15 is 0 Å². The van der Waals surface area contributed by atoms with Crippen molar-refractivity contribution in [3.05, 3.63) is 47.7 Å². The molecule has 0 bridgehead atoms. The summed E-state index contributed by atoms with van der Waals surface area (Å²) >= 11 is 12.6. The van der Waals surface area contributed by atoms with Gasteiger partial charge in [0.25, 0.3) is 0 Å². The molecule has 19 heavy (non-hydrogen) atoms. The van der Waals surface area contributed by atoms with Gasteiger partial charge in [-0.05, 0) is 23.8 Å². The average Bonchev–Trinajstić information content (AvgIpc) is 2.46. The average molecular weight is 312 g/mol. The highest BCUT2D eigenvalue weighted by Crippen LogP contribution is 2.27. The van der Waals surface area contributed by atoms with Crippen molar-refractivity contribution in [1.29, 1.82) is 5.26 Å². The highest BCUT2D eigenvalue weighted by atomic mass is 35.5. The third-order valence-electron chi connectivity index (χ3n) is 2.11. The molecular weight excluding hydrogens is 305 g/mol. The number of benzene rings is 1. The van der Waals surface area contributed by atoms with E-state index in [4.69, 9.17) is 32.6 Å². The first kappa shape index (κ1) is 13.9. The SMILES string of the molecule is N#Cc1ccc(OSc2ccc(C(Cl)Cl)cc2)nn1. The Hall–Kier alpha value is -1.48. The Balaban J connectivity index is 1.96. The molecule has 7 heteroatoms. The molecule has 0 atom stereocenters. The molecule has 96 valence electrons. The topological polar surface area (TPSA) is 58.8 Å². The summed E-state index contributed by atoms with van der Waals surface area (Å²) in [5, 5.41) is 16.0. The number of hydrogen-bond donors (Lipinski definition) is 0. The first-order valence-electron chi connectivity index (χ1n) is 5.15. The molecule has 0 unspecified atom stereocenters. The lowest BCUT2D eigenvalue weighted by atomic mass is 10.2. The van der Waals surface area contributed by atoms with Gasteiger partial charge in [0.15, 0.2) is 5.69 Å². The minimum atomic E-state index is -0.538. The number of rotatable bonds is 4. The van der Waals surface area contributed by atoms with Crippen molar-refractivity contribution in [2.45, 2.75) is 9.73 Å². The van der Waals surface area contributed by atoms with E-state index in [1.165, 1.54) is 6.07 Å². The standard InChI is InChI=1S/C12H7Cl2N3OS/c13-12(14)8-1-4-10(5-2-8)19-18-11-6-3-9(7-15)16-17-11/h1-6,12H. The largest absolute Gasteiger partial charge is 0.399 e. The molecule has 0 radical (unpaired) electrons. The summed E-state index contributed by atoms with van der Waals surface area (Å²) in [5.41, 5.74) is 1.07. The van der Waals surface area contributed by atoms with Gasteiger partial charge in [0.1, 0.15) is 10.9 Å². The molecule has 1 aromatic heterocycles. The minimum Gasteiger partial charge on any atom is -0.399 e. The van der Waals surface area contributed by atoms with Gasteiger partial charge >= 0.3 is 0 Å². The van der Waals surface area contributed by atoms with E-state index in [0.29, 0.717) is 5.88 Å². The molecule has 0 saturated heterocycles. The number of halogens is 2. The number of alkyl halides is 2. The van der Waals surface area contributed by atoms with E-state index in [9.17, 15) is 0 Å². The van der Waals surface area contributed by atoms with E-state index in [2.05, 4.69) is 10.2 Å². The van der Waals surface area contributed by atoms with E-state index in [-0.39, 0.29) is 5.69 Å². The molecule has 0 amide bonds. The molecule has 1 heterocycles. The lowest BCUT2D eigenvalue weighted by molar-refractivity contribution is 0.600. The van der Waals surface area contributed by atoms with Gasteiger partial charge < -0.3 is 4.18 Å². The smallest absolute Gasteiger partial charge is 0.247 e. The van der Waals surface area contributed by atoms with Crippen molar-refractivity contribution < 1.29 is 4.18 Å². The molecular formula is C12H7Cl2N3OS. The summed E-state index contributed by atoms with van der Waals surface area (Å²) in [6.07, 6.45) is 0. The maximum Gasteiger partial charge on any atom is 0.247 e. The molecule has 0 aliphatic rings. The van der Waals surface area contributed by atoms with Crippen LogP contribution >= 0.6 is 35.2 Å². The van der Waals surface area contributed by atoms with Gasteiger partial charge in [-0.3, -0.25) is 0 Å². The van der Waals surface area contributed by atoms with Gasteiger partial charge in [-0.2, -0.15) is 5.26 Å². The van der Waals surface area contributed by atoms with E-state index < -0.39 is 4.84 Å². The highest BCUT2D eigenvalue weighted by molar-refractivity contribution is 7.95. The normalized spacial score (nSPS) is 10.2. The summed E-state index contributed by atoms with van der Waals surface area (Å²) in [7, 11) is 0. The zero-order valence-electron chi connectivity index (χ0n) is 9.46. The molecule has 0 saturated carbocycles. The highest BCUT2D eigenvalue weighted by Gasteiger charge is 2.04. The quantitative estimate of drug-likeness (QED) is 0.633. The van der Waals surface area contributed by atoms with Gasteiger partial charge in [-0.1, -0.05) is 12.1 Å². The molecule has 4 nitrogen and oxygen atoms in total. The van der Waals surface area contributed by atoms with Gasteiger partial charge in [0, 0.05) is 11.0 Å². The minimum absolute atomic E-state index is 0.247. The van der Waals surface area contributed by atoms with Crippen LogP contribution in [0.25, 0.3) is 0 Å². The Morgan fingerprint density at radius 3 is 2.37 bits per heavy atom. The van der Waals surface area contributed by atoms with E-state index in [0.717, 1.165) is 22.5 Å². The summed E-state index contributed by atoms with van der Waals surface area (Å²) in [6.45, 7) is 0. The van der Waals surface area contributed by atoms with Gasteiger partial charge in [-0.15, -0.1) is 33.4 Å². The maximum atomic E-state index is 8.59. The van der Waals surface area contributed by atoms with Crippen LogP contribution in [-0.4, -0.2) is 10.2 Å². The Morgan fingerprint density at radius 2 is 1.84 bits per heavy atom. The maximum absolute atomic E-state index is 8.59. The summed E-state index contributed by atoms with van der Waals surface area (Å²) < 4.78 is 5.36. The predicted molar refractivity (Wildman–Crippen MR) is 74.1 cm³/mol. The number of aromatic nitrogens is 2. The van der Waals surface area contributed by atoms with Crippen LogP contribution < -0.4 is 4.18 Å². The van der Waals surface area contributed by atoms with Crippen LogP contribution in [0.4, 0.5) is 0 Å². The molecule has 1 aromatic carbocycles. The molecule has 0 aliphatic carbocycles. The van der Waals surface area contributed by atoms with Gasteiger partial charge in [0.05, 0.1) is 12.0 Å². The molecule has 2 aromatic rings. The molecule has 2 rings (SSSR count).